The lowest BCUT2D eigenvalue weighted by Gasteiger charge is -2.22. The molecule has 0 radical (unpaired) electrons. The molecule has 1 aliphatic rings. The standard InChI is InChI=1S/C14H22BN3O4/c1-3-18(4-2)14(19)22-13-11-17-6-5-12(13)15-20-9-7-16-8-10-21-15/h5-6,11,16H,3-4,7-10H2,1-2H3. The summed E-state index contributed by atoms with van der Waals surface area (Å²) in [5.41, 5.74) is 0.678. The van der Waals surface area contributed by atoms with E-state index in [9.17, 15) is 4.79 Å². The summed E-state index contributed by atoms with van der Waals surface area (Å²) in [6.45, 7) is 7.57. The zero-order chi connectivity index (χ0) is 15.8. The zero-order valence-corrected chi connectivity index (χ0v) is 13.1. The van der Waals surface area contributed by atoms with E-state index in [1.807, 2.05) is 13.8 Å². The molecule has 0 spiro atoms. The van der Waals surface area contributed by atoms with Crippen LogP contribution in [0, 0.1) is 0 Å². The molecule has 2 heterocycles. The summed E-state index contributed by atoms with van der Waals surface area (Å²) in [7, 11) is -0.551. The molecule has 8 heteroatoms. The van der Waals surface area contributed by atoms with Crippen molar-refractivity contribution in [3.8, 4) is 5.75 Å². The molecule has 1 fully saturated rings. The number of carbonyl (C=O) groups is 1. The molecule has 1 aromatic rings. The number of aromatic nitrogens is 1. The molecule has 0 saturated carbocycles. The Morgan fingerprint density at radius 3 is 2.68 bits per heavy atom. The quantitative estimate of drug-likeness (QED) is 0.804. The van der Waals surface area contributed by atoms with E-state index in [0.29, 0.717) is 37.5 Å². The predicted octanol–water partition coefficient (Wildman–Crippen LogP) is 0.254. The highest BCUT2D eigenvalue weighted by Gasteiger charge is 2.28. The number of nitrogens with one attached hydrogen (secondary N) is 1. The van der Waals surface area contributed by atoms with Gasteiger partial charge in [-0.2, -0.15) is 0 Å². The van der Waals surface area contributed by atoms with E-state index in [-0.39, 0.29) is 0 Å². The van der Waals surface area contributed by atoms with Gasteiger partial charge in [0.25, 0.3) is 0 Å². The van der Waals surface area contributed by atoms with Crippen LogP contribution in [0.2, 0.25) is 0 Å². The second kappa shape index (κ2) is 8.72. The van der Waals surface area contributed by atoms with Crippen molar-refractivity contribution in [2.75, 3.05) is 39.4 Å². The number of amides is 1. The van der Waals surface area contributed by atoms with E-state index in [1.54, 1.807) is 17.2 Å². The molecule has 0 atom stereocenters. The minimum Gasteiger partial charge on any atom is -0.409 e. The topological polar surface area (TPSA) is 72.9 Å². The van der Waals surface area contributed by atoms with Gasteiger partial charge in [0.1, 0.15) is 0 Å². The molecule has 2 rings (SSSR count). The second-order valence-corrected chi connectivity index (χ2v) is 4.78. The molecule has 1 aliphatic heterocycles. The van der Waals surface area contributed by atoms with Crippen molar-refractivity contribution in [2.24, 2.45) is 0 Å². The second-order valence-electron chi connectivity index (χ2n) is 4.78. The average Bonchev–Trinajstić information content (AvgIpc) is 2.49. The van der Waals surface area contributed by atoms with Crippen molar-refractivity contribution in [3.05, 3.63) is 18.5 Å². The molecule has 1 saturated heterocycles. The summed E-state index contributed by atoms with van der Waals surface area (Å²) in [5, 5.41) is 3.18. The number of hydrogen-bond donors (Lipinski definition) is 1. The Morgan fingerprint density at radius 2 is 2.05 bits per heavy atom. The monoisotopic (exact) mass is 307 g/mol. The van der Waals surface area contributed by atoms with Gasteiger partial charge in [-0.25, -0.2) is 4.79 Å². The molecule has 22 heavy (non-hydrogen) atoms. The zero-order valence-electron chi connectivity index (χ0n) is 13.1. The van der Waals surface area contributed by atoms with Crippen molar-refractivity contribution in [2.45, 2.75) is 13.8 Å². The van der Waals surface area contributed by atoms with Crippen molar-refractivity contribution in [1.82, 2.24) is 15.2 Å². The number of hydrogen-bond acceptors (Lipinski definition) is 6. The highest BCUT2D eigenvalue weighted by atomic mass is 16.6. The van der Waals surface area contributed by atoms with Crippen molar-refractivity contribution in [3.63, 3.8) is 0 Å². The summed E-state index contributed by atoms with van der Waals surface area (Å²) in [4.78, 5) is 17.7. The molecule has 1 aromatic heterocycles. The fourth-order valence-corrected chi connectivity index (χ4v) is 2.14. The van der Waals surface area contributed by atoms with Crippen LogP contribution in [0.3, 0.4) is 0 Å². The summed E-state index contributed by atoms with van der Waals surface area (Å²) in [5.74, 6) is 0.373. The molecule has 7 nitrogen and oxygen atoms in total. The van der Waals surface area contributed by atoms with E-state index in [2.05, 4.69) is 10.3 Å². The predicted molar refractivity (Wildman–Crippen MR) is 83.3 cm³/mol. The van der Waals surface area contributed by atoms with Gasteiger partial charge in [0.15, 0.2) is 5.75 Å². The summed E-state index contributed by atoms with van der Waals surface area (Å²) in [6.07, 6.45) is 2.75. The van der Waals surface area contributed by atoms with Gasteiger partial charge in [0, 0.05) is 51.1 Å². The van der Waals surface area contributed by atoms with Gasteiger partial charge in [0.05, 0.1) is 6.20 Å². The Labute approximate surface area is 131 Å². The lowest BCUT2D eigenvalue weighted by Crippen LogP contribution is -2.44. The number of ether oxygens (including phenoxy) is 1. The molecule has 0 bridgehead atoms. The van der Waals surface area contributed by atoms with Crippen molar-refractivity contribution in [1.29, 1.82) is 0 Å². The maximum atomic E-state index is 12.1. The van der Waals surface area contributed by atoms with Crippen LogP contribution in [0.1, 0.15) is 13.8 Å². The highest BCUT2D eigenvalue weighted by Crippen LogP contribution is 2.10. The van der Waals surface area contributed by atoms with Crippen molar-refractivity contribution >= 4 is 18.7 Å². The number of rotatable bonds is 4. The first-order valence-electron chi connectivity index (χ1n) is 7.60. The summed E-state index contributed by atoms with van der Waals surface area (Å²) >= 11 is 0. The normalized spacial score (nSPS) is 15.8. The molecule has 1 amide bonds. The highest BCUT2D eigenvalue weighted by molar-refractivity contribution is 6.62. The van der Waals surface area contributed by atoms with E-state index >= 15 is 0 Å². The van der Waals surface area contributed by atoms with Gasteiger partial charge in [-0.3, -0.25) is 4.98 Å². The third kappa shape index (κ3) is 4.43. The maximum absolute atomic E-state index is 12.1. The Balaban J connectivity index is 2.13. The number of carbonyl (C=O) groups excluding carboxylic acids is 1. The molecule has 1 N–H and O–H groups in total. The molecule has 0 aromatic carbocycles. The van der Waals surface area contributed by atoms with E-state index in [4.69, 9.17) is 14.0 Å². The largest absolute Gasteiger partial charge is 0.497 e. The smallest absolute Gasteiger partial charge is 0.409 e. The first-order valence-corrected chi connectivity index (χ1v) is 7.60. The van der Waals surface area contributed by atoms with Crippen LogP contribution in [0.25, 0.3) is 0 Å². The van der Waals surface area contributed by atoms with Crippen LogP contribution in [-0.4, -0.2) is 62.5 Å². The fourth-order valence-electron chi connectivity index (χ4n) is 2.14. The number of nitrogens with zero attached hydrogens (tertiary/aromatic N) is 2. The Hall–Kier alpha value is -1.64. The average molecular weight is 307 g/mol. The third-order valence-electron chi connectivity index (χ3n) is 3.39. The van der Waals surface area contributed by atoms with Crippen molar-refractivity contribution < 1.29 is 18.8 Å². The summed E-state index contributed by atoms with van der Waals surface area (Å²) < 4.78 is 16.8. The molecule has 120 valence electrons. The Bertz CT molecular complexity index is 477. The first-order chi connectivity index (χ1) is 10.8. The van der Waals surface area contributed by atoms with E-state index < -0.39 is 13.2 Å². The van der Waals surface area contributed by atoms with Crippen LogP contribution >= 0.6 is 0 Å². The SMILES string of the molecule is CCN(CC)C(=O)Oc1cnccc1B1OCCNCCO1. The van der Waals surface area contributed by atoms with E-state index in [0.717, 1.165) is 13.1 Å². The molecule has 0 unspecified atom stereocenters. The molecular weight excluding hydrogens is 285 g/mol. The van der Waals surface area contributed by atoms with Gasteiger partial charge in [-0.05, 0) is 19.9 Å². The maximum Gasteiger partial charge on any atom is 0.497 e. The Morgan fingerprint density at radius 1 is 1.36 bits per heavy atom. The van der Waals surface area contributed by atoms with Gasteiger partial charge >= 0.3 is 13.2 Å². The minimum atomic E-state index is -0.551. The van der Waals surface area contributed by atoms with Crippen LogP contribution < -0.4 is 15.5 Å². The van der Waals surface area contributed by atoms with Crippen LogP contribution in [0.4, 0.5) is 4.79 Å². The lowest BCUT2D eigenvalue weighted by molar-refractivity contribution is 0.157. The first kappa shape index (κ1) is 16.7. The van der Waals surface area contributed by atoms with Gasteiger partial charge in [-0.1, -0.05) is 0 Å². The third-order valence-corrected chi connectivity index (χ3v) is 3.39. The van der Waals surface area contributed by atoms with E-state index in [1.165, 1.54) is 6.20 Å². The lowest BCUT2D eigenvalue weighted by atomic mass is 9.78. The summed E-state index contributed by atoms with van der Waals surface area (Å²) in [6, 6.07) is 1.75. The van der Waals surface area contributed by atoms with Gasteiger partial charge in [0.2, 0.25) is 0 Å². The van der Waals surface area contributed by atoms with Gasteiger partial charge in [-0.15, -0.1) is 0 Å². The van der Waals surface area contributed by atoms with Crippen LogP contribution in [-0.2, 0) is 9.31 Å². The Kier molecular flexibility index (Phi) is 6.63. The fraction of sp³-hybridized carbons (Fsp3) is 0.571. The van der Waals surface area contributed by atoms with Crippen LogP contribution in [0.15, 0.2) is 18.5 Å². The number of pyridine rings is 1. The molecular formula is C14H22BN3O4. The molecule has 0 aliphatic carbocycles. The minimum absolute atomic E-state index is 0.373. The van der Waals surface area contributed by atoms with Gasteiger partial charge < -0.3 is 24.3 Å². The van der Waals surface area contributed by atoms with Crippen LogP contribution in [0.5, 0.6) is 5.75 Å².